The van der Waals surface area contributed by atoms with E-state index in [1.807, 2.05) is 7.05 Å². The number of nitriles is 1. The third-order valence-electron chi connectivity index (χ3n) is 7.68. The molecule has 0 aromatic carbocycles. The molecule has 33 heavy (non-hydrogen) atoms. The number of carbonyl (C=O) groups excluding carboxylic acids is 1. The highest BCUT2D eigenvalue weighted by Crippen LogP contribution is 2.45. The molecule has 2 saturated carbocycles. The summed E-state index contributed by atoms with van der Waals surface area (Å²) < 4.78 is 46.8. The van der Waals surface area contributed by atoms with Gasteiger partial charge in [0.2, 0.25) is 5.91 Å². The summed E-state index contributed by atoms with van der Waals surface area (Å²) in [6.07, 6.45) is -2.04. The number of hydrogen-bond donors (Lipinski definition) is 3. The first-order chi connectivity index (χ1) is 15.6. The molecule has 0 bridgehead atoms. The summed E-state index contributed by atoms with van der Waals surface area (Å²) >= 11 is 6.02. The lowest BCUT2D eigenvalue weighted by molar-refractivity contribution is -0.186. The lowest BCUT2D eigenvalue weighted by Crippen LogP contribution is -2.65. The van der Waals surface area contributed by atoms with Crippen LogP contribution in [0.3, 0.4) is 0 Å². The maximum atomic E-state index is 13.5. The number of ether oxygens (including phenoxy) is 1. The Labute approximate surface area is 197 Å². The smallest absolute Gasteiger partial charge is 0.358 e. The molecule has 4 rings (SSSR count). The highest BCUT2D eigenvalue weighted by atomic mass is 35.5. The van der Waals surface area contributed by atoms with Crippen molar-refractivity contribution in [3.63, 3.8) is 0 Å². The average Bonchev–Trinajstić information content (AvgIpc) is 3.47. The quantitative estimate of drug-likeness (QED) is 0.493. The van der Waals surface area contributed by atoms with Crippen molar-refractivity contribution in [3.8, 4) is 6.07 Å². The van der Waals surface area contributed by atoms with Crippen molar-refractivity contribution in [2.75, 3.05) is 33.2 Å². The van der Waals surface area contributed by atoms with E-state index in [0.717, 1.165) is 19.5 Å². The molecule has 0 aromatic rings. The van der Waals surface area contributed by atoms with Gasteiger partial charge in [-0.05, 0) is 51.5 Å². The molecule has 4 fully saturated rings. The number of nitrogens with one attached hydrogen (secondary N) is 3. The Balaban J connectivity index is 1.39. The molecule has 4 aliphatic rings. The van der Waals surface area contributed by atoms with Crippen LogP contribution in [-0.4, -0.2) is 74.1 Å². The van der Waals surface area contributed by atoms with E-state index in [0.29, 0.717) is 38.8 Å². The first-order valence-corrected chi connectivity index (χ1v) is 12.3. The molecule has 186 valence electrons. The third-order valence-corrected chi connectivity index (χ3v) is 8.20. The Morgan fingerprint density at radius 3 is 2.70 bits per heavy atom. The summed E-state index contributed by atoms with van der Waals surface area (Å²) in [6.45, 7) is 2.56. The number of likely N-dealkylation sites (N-methyl/N-ethyl adjacent to an activating group) is 1. The fraction of sp³-hybridized carbons (Fsp3) is 0.909. The zero-order chi connectivity index (χ0) is 23.8. The van der Waals surface area contributed by atoms with Crippen LogP contribution in [0.5, 0.6) is 0 Å². The summed E-state index contributed by atoms with van der Waals surface area (Å²) in [5.74, 6) is -2.08. The Bertz CT molecular complexity index is 759. The van der Waals surface area contributed by atoms with Crippen LogP contribution in [-0.2, 0) is 9.53 Å². The van der Waals surface area contributed by atoms with Gasteiger partial charge >= 0.3 is 6.18 Å². The van der Waals surface area contributed by atoms with Gasteiger partial charge in [0.1, 0.15) is 11.6 Å². The maximum Gasteiger partial charge on any atom is 0.393 e. The Morgan fingerprint density at radius 1 is 1.33 bits per heavy atom. The standard InChI is InChI=1S/C22H33ClF3N5O2/c1-31-7-4-15(11-31)33-19-14(10-29-20(32)21(12-27)5-6-21)9-28-18(30-19)13-2-3-17(23)16(8-13)22(24,25)26/h13-19,28,30H,2-11H2,1H3,(H,29,32). The first kappa shape index (κ1) is 25.0. The third kappa shape index (κ3) is 5.76. The van der Waals surface area contributed by atoms with Crippen molar-refractivity contribution in [2.45, 2.75) is 68.6 Å². The van der Waals surface area contributed by atoms with Crippen molar-refractivity contribution in [1.82, 2.24) is 20.9 Å². The van der Waals surface area contributed by atoms with Gasteiger partial charge in [-0.3, -0.25) is 10.1 Å². The van der Waals surface area contributed by atoms with E-state index < -0.39 is 29.1 Å². The topological polar surface area (TPSA) is 89.4 Å². The zero-order valence-corrected chi connectivity index (χ0v) is 19.6. The largest absolute Gasteiger partial charge is 0.393 e. The second-order valence-corrected chi connectivity index (χ2v) is 10.7. The van der Waals surface area contributed by atoms with Gasteiger partial charge in [-0.2, -0.15) is 18.4 Å². The number of nitrogens with zero attached hydrogens (tertiary/aromatic N) is 2. The van der Waals surface area contributed by atoms with Crippen LogP contribution < -0.4 is 16.0 Å². The highest BCUT2D eigenvalue weighted by molar-refractivity contribution is 6.20. The maximum absolute atomic E-state index is 13.5. The molecule has 11 heteroatoms. The molecule has 2 aliphatic heterocycles. The number of amides is 1. The second kappa shape index (κ2) is 9.86. The molecule has 3 N–H and O–H groups in total. The predicted molar refractivity (Wildman–Crippen MR) is 116 cm³/mol. The van der Waals surface area contributed by atoms with Crippen molar-refractivity contribution in [2.24, 2.45) is 23.2 Å². The molecule has 0 aromatic heterocycles. The number of rotatable bonds is 6. The fourth-order valence-corrected chi connectivity index (χ4v) is 5.69. The summed E-state index contributed by atoms with van der Waals surface area (Å²) in [7, 11) is 2.03. The predicted octanol–water partition coefficient (Wildman–Crippen LogP) is 2.17. The van der Waals surface area contributed by atoms with Gasteiger partial charge in [-0.15, -0.1) is 11.6 Å². The van der Waals surface area contributed by atoms with Crippen LogP contribution in [0.4, 0.5) is 13.2 Å². The molecule has 1 amide bonds. The number of carbonyl (C=O) groups is 1. The molecule has 7 unspecified atom stereocenters. The van der Waals surface area contributed by atoms with E-state index in [-0.39, 0.29) is 36.4 Å². The van der Waals surface area contributed by atoms with Crippen LogP contribution in [0.1, 0.15) is 38.5 Å². The van der Waals surface area contributed by atoms with Gasteiger partial charge in [-0.25, -0.2) is 0 Å². The van der Waals surface area contributed by atoms with Gasteiger partial charge in [-0.1, -0.05) is 0 Å². The van der Waals surface area contributed by atoms with Crippen LogP contribution >= 0.6 is 11.6 Å². The Hall–Kier alpha value is -1.12. The van der Waals surface area contributed by atoms with E-state index in [4.69, 9.17) is 16.3 Å². The van der Waals surface area contributed by atoms with Gasteiger partial charge in [0.05, 0.1) is 24.3 Å². The Morgan fingerprint density at radius 2 is 2.09 bits per heavy atom. The minimum absolute atomic E-state index is 0.0205. The fourth-order valence-electron chi connectivity index (χ4n) is 5.32. The number of likely N-dealkylation sites (tertiary alicyclic amines) is 1. The Kier molecular flexibility index (Phi) is 7.47. The number of halogens is 4. The van der Waals surface area contributed by atoms with E-state index in [2.05, 4.69) is 26.9 Å². The molecule has 2 heterocycles. The molecule has 2 saturated heterocycles. The summed E-state index contributed by atoms with van der Waals surface area (Å²) in [4.78, 5) is 14.6. The normalized spacial score (nSPS) is 39.1. The second-order valence-electron chi connectivity index (χ2n) is 10.2. The molecule has 7 atom stereocenters. The molecular weight excluding hydrogens is 459 g/mol. The number of alkyl halides is 4. The van der Waals surface area contributed by atoms with E-state index in [9.17, 15) is 23.2 Å². The average molecular weight is 492 g/mol. The van der Waals surface area contributed by atoms with Crippen molar-refractivity contribution in [3.05, 3.63) is 0 Å². The minimum atomic E-state index is -4.31. The molecule has 7 nitrogen and oxygen atoms in total. The van der Waals surface area contributed by atoms with E-state index in [1.165, 1.54) is 0 Å². The zero-order valence-electron chi connectivity index (χ0n) is 18.8. The van der Waals surface area contributed by atoms with Crippen molar-refractivity contribution < 1.29 is 22.7 Å². The van der Waals surface area contributed by atoms with Crippen LogP contribution in [0, 0.1) is 34.5 Å². The number of hydrogen-bond acceptors (Lipinski definition) is 6. The van der Waals surface area contributed by atoms with Gasteiger partial charge in [0.25, 0.3) is 0 Å². The van der Waals surface area contributed by atoms with Crippen LogP contribution in [0.2, 0.25) is 0 Å². The molecular formula is C22H33ClF3N5O2. The SMILES string of the molecule is CN1CCC(OC2NC(C3CCC(Cl)C(C(F)(F)F)C3)NCC2CNC(=O)C2(C#N)CC2)C1. The van der Waals surface area contributed by atoms with Gasteiger partial charge in [0.15, 0.2) is 0 Å². The monoisotopic (exact) mass is 491 g/mol. The van der Waals surface area contributed by atoms with Crippen molar-refractivity contribution in [1.29, 1.82) is 5.26 Å². The summed E-state index contributed by atoms with van der Waals surface area (Å²) in [5, 5.41) is 18.0. The minimum Gasteiger partial charge on any atom is -0.358 e. The van der Waals surface area contributed by atoms with Gasteiger partial charge in [0, 0.05) is 37.5 Å². The highest BCUT2D eigenvalue weighted by Gasteiger charge is 2.51. The molecule has 0 radical (unpaired) electrons. The lowest BCUT2D eigenvalue weighted by atomic mass is 9.78. The van der Waals surface area contributed by atoms with E-state index >= 15 is 0 Å². The van der Waals surface area contributed by atoms with Gasteiger partial charge < -0.3 is 20.3 Å². The molecule has 0 spiro atoms. The molecule has 2 aliphatic carbocycles. The summed E-state index contributed by atoms with van der Waals surface area (Å²) in [6, 6.07) is 2.10. The lowest BCUT2D eigenvalue weighted by Gasteiger charge is -2.45. The van der Waals surface area contributed by atoms with Crippen LogP contribution in [0.25, 0.3) is 0 Å². The van der Waals surface area contributed by atoms with Crippen molar-refractivity contribution >= 4 is 17.5 Å². The van der Waals surface area contributed by atoms with Crippen LogP contribution in [0.15, 0.2) is 0 Å². The first-order valence-electron chi connectivity index (χ1n) is 11.8. The summed E-state index contributed by atoms with van der Waals surface area (Å²) in [5.41, 5.74) is -0.893. The van der Waals surface area contributed by atoms with E-state index in [1.54, 1.807) is 0 Å².